The zero-order valence-corrected chi connectivity index (χ0v) is 21.0. The molecule has 0 N–H and O–H groups in total. The van der Waals surface area contributed by atoms with Crippen LogP contribution in [0.2, 0.25) is 0 Å². The van der Waals surface area contributed by atoms with Gasteiger partial charge >= 0.3 is 0 Å². The van der Waals surface area contributed by atoms with E-state index in [0.717, 1.165) is 39.8 Å². The molecular formula is C29H28N2O5. The molecule has 7 heteroatoms. The maximum absolute atomic E-state index is 13.1. The molecule has 3 aromatic carbocycles. The fraction of sp³-hybridized carbons (Fsp3) is 0.310. The van der Waals surface area contributed by atoms with Crippen LogP contribution >= 0.6 is 0 Å². The highest BCUT2D eigenvalue weighted by atomic mass is 16.6. The molecule has 2 heterocycles. The number of benzene rings is 3. The maximum Gasteiger partial charge on any atom is 0.280 e. The number of Topliss-reactive ketones (excluding diaryl/α,β-unsaturated/α-hetero) is 1. The van der Waals surface area contributed by atoms with Crippen LogP contribution in [-0.4, -0.2) is 27.9 Å². The number of hydrogen-bond donors (Lipinski definition) is 0. The monoisotopic (exact) mass is 484 g/mol. The van der Waals surface area contributed by atoms with E-state index in [1.54, 1.807) is 25.3 Å². The second-order valence-electron chi connectivity index (χ2n) is 10.2. The van der Waals surface area contributed by atoms with Gasteiger partial charge < -0.3 is 9.47 Å². The van der Waals surface area contributed by atoms with Crippen LogP contribution in [0.25, 0.3) is 32.8 Å². The fourth-order valence-corrected chi connectivity index (χ4v) is 5.23. The van der Waals surface area contributed by atoms with Crippen molar-refractivity contribution in [1.29, 1.82) is 0 Å². The van der Waals surface area contributed by atoms with E-state index in [-0.39, 0.29) is 16.4 Å². The lowest BCUT2D eigenvalue weighted by atomic mass is 9.84. The number of aromatic nitrogens is 1. The second kappa shape index (κ2) is 8.68. The van der Waals surface area contributed by atoms with E-state index >= 15 is 0 Å². The van der Waals surface area contributed by atoms with Crippen molar-refractivity contribution in [3.8, 4) is 16.9 Å². The molecule has 0 radical (unpaired) electrons. The molecule has 1 aliphatic rings. The molecule has 0 amide bonds. The predicted molar refractivity (Wildman–Crippen MR) is 140 cm³/mol. The minimum atomic E-state index is -0.995. The van der Waals surface area contributed by atoms with Gasteiger partial charge in [-0.3, -0.25) is 19.9 Å². The molecule has 0 bridgehead atoms. The molecule has 36 heavy (non-hydrogen) atoms. The van der Waals surface area contributed by atoms with E-state index in [2.05, 4.69) is 0 Å². The Hall–Kier alpha value is -3.84. The van der Waals surface area contributed by atoms with Crippen LogP contribution in [0.5, 0.6) is 5.75 Å². The standard InChI is InChI=1S/C29H28N2O5/c1-16-23(28(17(2)32)36-29(3,4)5)25(19-8-6-7-9-20(19)27(16)31(33)34)21-10-11-22-24-18(13-15-35-22)12-14-30-26(21)24/h6-12,14,28H,13,15H2,1-5H3. The molecule has 0 spiro atoms. The Balaban J connectivity index is 1.98. The van der Waals surface area contributed by atoms with Gasteiger partial charge in [0.1, 0.15) is 11.9 Å². The third-order valence-corrected chi connectivity index (χ3v) is 6.60. The number of hydrogen-bond acceptors (Lipinski definition) is 6. The molecular weight excluding hydrogens is 456 g/mol. The lowest BCUT2D eigenvalue weighted by Gasteiger charge is -2.30. The molecule has 0 saturated heterocycles. The van der Waals surface area contributed by atoms with Crippen LogP contribution in [0.15, 0.2) is 48.7 Å². The molecule has 1 atom stereocenters. The van der Waals surface area contributed by atoms with Crippen molar-refractivity contribution < 1.29 is 19.2 Å². The highest BCUT2D eigenvalue weighted by Gasteiger charge is 2.34. The van der Waals surface area contributed by atoms with Crippen molar-refractivity contribution in [2.75, 3.05) is 6.61 Å². The van der Waals surface area contributed by atoms with Gasteiger partial charge in [-0.2, -0.15) is 0 Å². The normalized spacial score (nSPS) is 14.0. The second-order valence-corrected chi connectivity index (χ2v) is 10.2. The first-order chi connectivity index (χ1) is 17.1. The van der Waals surface area contributed by atoms with E-state index < -0.39 is 11.7 Å². The van der Waals surface area contributed by atoms with E-state index in [0.29, 0.717) is 28.5 Å². The molecule has 1 unspecified atom stereocenters. The Morgan fingerprint density at radius 1 is 1.14 bits per heavy atom. The van der Waals surface area contributed by atoms with Gasteiger partial charge in [0.15, 0.2) is 5.78 Å². The predicted octanol–water partition coefficient (Wildman–Crippen LogP) is 6.65. The summed E-state index contributed by atoms with van der Waals surface area (Å²) in [5.74, 6) is 0.541. The lowest BCUT2D eigenvalue weighted by Crippen LogP contribution is -2.27. The number of carbonyl (C=O) groups is 1. The number of ketones is 1. The van der Waals surface area contributed by atoms with Crippen LogP contribution < -0.4 is 4.74 Å². The van der Waals surface area contributed by atoms with Gasteiger partial charge in [-0.1, -0.05) is 18.2 Å². The van der Waals surface area contributed by atoms with Gasteiger partial charge in [0.05, 0.1) is 28.0 Å². The zero-order valence-electron chi connectivity index (χ0n) is 21.0. The summed E-state index contributed by atoms with van der Waals surface area (Å²) >= 11 is 0. The van der Waals surface area contributed by atoms with Crippen LogP contribution in [0.3, 0.4) is 0 Å². The topological polar surface area (TPSA) is 91.6 Å². The number of carbonyl (C=O) groups excluding carboxylic acids is 1. The number of pyridine rings is 1. The summed E-state index contributed by atoms with van der Waals surface area (Å²) < 4.78 is 12.2. The number of nitro benzene ring substituents is 1. The first-order valence-electron chi connectivity index (χ1n) is 12.0. The summed E-state index contributed by atoms with van der Waals surface area (Å²) in [6.07, 6.45) is 1.56. The lowest BCUT2D eigenvalue weighted by molar-refractivity contribution is -0.383. The molecule has 1 aromatic heterocycles. The first-order valence-corrected chi connectivity index (χ1v) is 12.0. The van der Waals surface area contributed by atoms with Crippen molar-refractivity contribution in [3.05, 3.63) is 75.5 Å². The molecule has 0 saturated carbocycles. The van der Waals surface area contributed by atoms with E-state index in [1.807, 2.05) is 51.1 Å². The van der Waals surface area contributed by atoms with Gasteiger partial charge in [0.25, 0.3) is 5.69 Å². The number of fused-ring (bicyclic) bond motifs is 1. The summed E-state index contributed by atoms with van der Waals surface area (Å²) in [6, 6.07) is 13.1. The molecule has 4 aromatic rings. The van der Waals surface area contributed by atoms with Crippen LogP contribution in [0.1, 0.15) is 50.5 Å². The molecule has 0 fully saturated rings. The smallest absolute Gasteiger partial charge is 0.280 e. The molecule has 5 rings (SSSR count). The number of nitro groups is 1. The minimum absolute atomic E-state index is 0.0212. The highest BCUT2D eigenvalue weighted by molar-refractivity contribution is 6.11. The van der Waals surface area contributed by atoms with Gasteiger partial charge in [-0.05, 0) is 75.4 Å². The van der Waals surface area contributed by atoms with E-state index in [1.165, 1.54) is 6.92 Å². The van der Waals surface area contributed by atoms with Crippen molar-refractivity contribution >= 4 is 33.1 Å². The van der Waals surface area contributed by atoms with Crippen molar-refractivity contribution in [3.63, 3.8) is 0 Å². The summed E-state index contributed by atoms with van der Waals surface area (Å²) in [5, 5.41) is 14.4. The minimum Gasteiger partial charge on any atom is -0.493 e. The fourth-order valence-electron chi connectivity index (χ4n) is 5.23. The number of nitrogens with zero attached hydrogens (tertiary/aromatic N) is 2. The van der Waals surface area contributed by atoms with Crippen molar-refractivity contribution in [1.82, 2.24) is 4.98 Å². The van der Waals surface area contributed by atoms with E-state index in [4.69, 9.17) is 14.5 Å². The van der Waals surface area contributed by atoms with Crippen molar-refractivity contribution in [2.24, 2.45) is 0 Å². The summed E-state index contributed by atoms with van der Waals surface area (Å²) in [5.41, 5.74) is 3.62. The third-order valence-electron chi connectivity index (χ3n) is 6.60. The Morgan fingerprint density at radius 2 is 1.86 bits per heavy atom. The SMILES string of the molecule is CC(=O)C(OC(C)(C)C)c1c(C)c([N+](=O)[O-])c2ccccc2c1-c1ccc2c3c(ccnc13)CCO2. The molecule has 7 nitrogen and oxygen atoms in total. The molecule has 0 aliphatic carbocycles. The largest absolute Gasteiger partial charge is 0.493 e. The van der Waals surface area contributed by atoms with Gasteiger partial charge in [-0.15, -0.1) is 0 Å². The summed E-state index contributed by atoms with van der Waals surface area (Å²) in [4.78, 5) is 29.7. The summed E-state index contributed by atoms with van der Waals surface area (Å²) in [6.45, 7) is 9.37. The van der Waals surface area contributed by atoms with Crippen LogP contribution in [-0.2, 0) is 16.0 Å². The zero-order chi connectivity index (χ0) is 25.8. The quantitative estimate of drug-likeness (QED) is 0.233. The van der Waals surface area contributed by atoms with Crippen molar-refractivity contribution in [2.45, 2.75) is 52.7 Å². The maximum atomic E-state index is 13.1. The highest BCUT2D eigenvalue weighted by Crippen LogP contribution is 2.48. The van der Waals surface area contributed by atoms with E-state index in [9.17, 15) is 14.9 Å². The Bertz CT molecular complexity index is 1540. The average Bonchev–Trinajstić information content (AvgIpc) is 2.82. The summed E-state index contributed by atoms with van der Waals surface area (Å²) in [7, 11) is 0. The van der Waals surface area contributed by atoms with Crippen LogP contribution in [0.4, 0.5) is 5.69 Å². The molecule has 1 aliphatic heterocycles. The first kappa shape index (κ1) is 23.9. The molecule has 184 valence electrons. The van der Waals surface area contributed by atoms with Gasteiger partial charge in [0.2, 0.25) is 0 Å². The third kappa shape index (κ3) is 3.89. The Morgan fingerprint density at radius 3 is 2.53 bits per heavy atom. The Kier molecular flexibility index (Phi) is 5.75. The van der Waals surface area contributed by atoms with Crippen LogP contribution in [0, 0.1) is 17.0 Å². The van der Waals surface area contributed by atoms with Gasteiger partial charge in [0, 0.05) is 34.7 Å². The van der Waals surface area contributed by atoms with Gasteiger partial charge in [-0.25, -0.2) is 0 Å². The average molecular weight is 485 g/mol. The Labute approximate surface area is 209 Å². The number of ether oxygens (including phenoxy) is 2. The number of rotatable bonds is 5.